The van der Waals surface area contributed by atoms with Crippen LogP contribution in [0.25, 0.3) is 0 Å². The van der Waals surface area contributed by atoms with E-state index in [1.165, 1.54) is 12.8 Å². The molecule has 1 aliphatic carbocycles. The number of aryl methyl sites for hydroxylation is 1. The first kappa shape index (κ1) is 14.3. The van der Waals surface area contributed by atoms with Crippen molar-refractivity contribution >= 4 is 15.7 Å². The van der Waals surface area contributed by atoms with Crippen molar-refractivity contribution in [3.8, 4) is 0 Å². The van der Waals surface area contributed by atoms with Crippen LogP contribution in [0, 0.1) is 12.8 Å². The SMILES string of the molecule is Cc1ccc(S(N)(=O)=O)cc1NC1CCC(C)CC1. The van der Waals surface area contributed by atoms with Gasteiger partial charge in [0.1, 0.15) is 0 Å². The lowest BCUT2D eigenvalue weighted by molar-refractivity contribution is 0.361. The van der Waals surface area contributed by atoms with Gasteiger partial charge in [0.2, 0.25) is 10.0 Å². The maximum Gasteiger partial charge on any atom is 0.238 e. The standard InChI is InChI=1S/C14H22N2O2S/c1-10-3-6-12(7-4-10)16-14-9-13(19(15,17)18)8-5-11(14)2/h5,8-10,12,16H,3-4,6-7H2,1-2H3,(H2,15,17,18). The van der Waals surface area contributed by atoms with E-state index >= 15 is 0 Å². The molecule has 1 saturated carbocycles. The Morgan fingerprint density at radius 3 is 2.42 bits per heavy atom. The lowest BCUT2D eigenvalue weighted by atomic mass is 9.87. The Balaban J connectivity index is 2.16. The van der Waals surface area contributed by atoms with Crippen LogP contribution in [0.3, 0.4) is 0 Å². The summed E-state index contributed by atoms with van der Waals surface area (Å²) in [6.07, 6.45) is 4.73. The summed E-state index contributed by atoms with van der Waals surface area (Å²) >= 11 is 0. The largest absolute Gasteiger partial charge is 0.382 e. The Kier molecular flexibility index (Phi) is 4.16. The topological polar surface area (TPSA) is 72.2 Å². The average Bonchev–Trinajstić information content (AvgIpc) is 2.33. The molecular formula is C14H22N2O2S. The Morgan fingerprint density at radius 1 is 1.21 bits per heavy atom. The number of anilines is 1. The van der Waals surface area contributed by atoms with Gasteiger partial charge in [0.25, 0.3) is 0 Å². The number of benzene rings is 1. The van der Waals surface area contributed by atoms with Crippen molar-refractivity contribution in [2.45, 2.75) is 50.5 Å². The second-order valence-corrected chi connectivity index (χ2v) is 7.18. The van der Waals surface area contributed by atoms with Crippen LogP contribution in [-0.4, -0.2) is 14.5 Å². The van der Waals surface area contributed by atoms with Crippen LogP contribution in [0.5, 0.6) is 0 Å². The monoisotopic (exact) mass is 282 g/mol. The smallest absolute Gasteiger partial charge is 0.238 e. The zero-order valence-electron chi connectivity index (χ0n) is 11.5. The summed E-state index contributed by atoms with van der Waals surface area (Å²) in [4.78, 5) is 0.171. The Bertz CT molecular complexity index is 547. The van der Waals surface area contributed by atoms with Gasteiger partial charge in [-0.25, -0.2) is 13.6 Å². The van der Waals surface area contributed by atoms with Crippen molar-refractivity contribution < 1.29 is 8.42 Å². The van der Waals surface area contributed by atoms with E-state index < -0.39 is 10.0 Å². The molecule has 5 heteroatoms. The molecule has 0 bridgehead atoms. The molecule has 1 aromatic carbocycles. The Morgan fingerprint density at radius 2 is 1.84 bits per heavy atom. The maximum atomic E-state index is 11.4. The Labute approximate surface area is 115 Å². The lowest BCUT2D eigenvalue weighted by Gasteiger charge is -2.28. The van der Waals surface area contributed by atoms with Crippen molar-refractivity contribution in [1.29, 1.82) is 0 Å². The highest BCUT2D eigenvalue weighted by atomic mass is 32.2. The molecule has 0 aromatic heterocycles. The minimum atomic E-state index is -3.63. The van der Waals surface area contributed by atoms with E-state index in [9.17, 15) is 8.42 Å². The van der Waals surface area contributed by atoms with Crippen LogP contribution in [0.1, 0.15) is 38.2 Å². The third-order valence-corrected chi connectivity index (χ3v) is 4.82. The van der Waals surface area contributed by atoms with Gasteiger partial charge in [-0.2, -0.15) is 0 Å². The highest BCUT2D eigenvalue weighted by Gasteiger charge is 2.19. The molecule has 0 atom stereocenters. The normalized spacial score (nSPS) is 24.2. The molecule has 0 amide bonds. The highest BCUT2D eigenvalue weighted by molar-refractivity contribution is 7.89. The number of hydrogen-bond donors (Lipinski definition) is 2. The van der Waals surface area contributed by atoms with Crippen LogP contribution in [0.2, 0.25) is 0 Å². The van der Waals surface area contributed by atoms with Crippen LogP contribution < -0.4 is 10.5 Å². The first-order chi connectivity index (χ1) is 8.86. The van der Waals surface area contributed by atoms with Crippen molar-refractivity contribution in [2.24, 2.45) is 11.1 Å². The number of primary sulfonamides is 1. The number of sulfonamides is 1. The lowest BCUT2D eigenvalue weighted by Crippen LogP contribution is -2.25. The van der Waals surface area contributed by atoms with Gasteiger partial charge in [-0.3, -0.25) is 0 Å². The van der Waals surface area contributed by atoms with E-state index in [1.54, 1.807) is 18.2 Å². The summed E-state index contributed by atoms with van der Waals surface area (Å²) in [6.45, 7) is 4.25. The maximum absolute atomic E-state index is 11.4. The molecule has 0 heterocycles. The molecule has 19 heavy (non-hydrogen) atoms. The molecule has 0 spiro atoms. The van der Waals surface area contributed by atoms with E-state index in [4.69, 9.17) is 5.14 Å². The molecule has 0 aliphatic heterocycles. The Hall–Kier alpha value is -1.07. The van der Waals surface area contributed by atoms with E-state index in [0.717, 1.165) is 30.0 Å². The van der Waals surface area contributed by atoms with Gasteiger partial charge >= 0.3 is 0 Å². The molecule has 0 radical (unpaired) electrons. The van der Waals surface area contributed by atoms with E-state index in [-0.39, 0.29) is 4.90 Å². The molecule has 106 valence electrons. The van der Waals surface area contributed by atoms with E-state index in [1.807, 2.05) is 6.92 Å². The predicted molar refractivity (Wildman–Crippen MR) is 77.6 cm³/mol. The average molecular weight is 282 g/mol. The van der Waals surface area contributed by atoms with Gasteiger partial charge in [-0.15, -0.1) is 0 Å². The van der Waals surface area contributed by atoms with Crippen molar-refractivity contribution in [3.63, 3.8) is 0 Å². The van der Waals surface area contributed by atoms with Crippen LogP contribution >= 0.6 is 0 Å². The zero-order chi connectivity index (χ0) is 14.0. The summed E-state index contributed by atoms with van der Waals surface area (Å²) in [5.74, 6) is 0.801. The number of nitrogens with two attached hydrogens (primary N) is 1. The highest BCUT2D eigenvalue weighted by Crippen LogP contribution is 2.28. The number of hydrogen-bond acceptors (Lipinski definition) is 3. The van der Waals surface area contributed by atoms with Crippen LogP contribution in [-0.2, 0) is 10.0 Å². The summed E-state index contributed by atoms with van der Waals surface area (Å²) in [7, 11) is -3.63. The van der Waals surface area contributed by atoms with Gasteiger partial charge in [-0.1, -0.05) is 13.0 Å². The number of nitrogens with one attached hydrogen (secondary N) is 1. The molecule has 0 saturated heterocycles. The summed E-state index contributed by atoms with van der Waals surface area (Å²) in [5.41, 5.74) is 1.93. The van der Waals surface area contributed by atoms with Crippen molar-refractivity contribution in [3.05, 3.63) is 23.8 Å². The molecule has 2 rings (SSSR count). The molecule has 0 unspecified atom stereocenters. The second-order valence-electron chi connectivity index (χ2n) is 5.62. The molecule has 3 N–H and O–H groups in total. The zero-order valence-corrected chi connectivity index (χ0v) is 12.3. The van der Waals surface area contributed by atoms with Crippen LogP contribution in [0.15, 0.2) is 23.1 Å². The second kappa shape index (κ2) is 5.51. The fourth-order valence-corrected chi connectivity index (χ4v) is 3.10. The summed E-state index contributed by atoms with van der Waals surface area (Å²) < 4.78 is 22.8. The molecule has 1 fully saturated rings. The van der Waals surface area contributed by atoms with Gasteiger partial charge in [0, 0.05) is 11.7 Å². The molecule has 1 aliphatic rings. The van der Waals surface area contributed by atoms with Crippen molar-refractivity contribution in [2.75, 3.05) is 5.32 Å². The third-order valence-electron chi connectivity index (χ3n) is 3.91. The van der Waals surface area contributed by atoms with E-state index in [2.05, 4.69) is 12.2 Å². The minimum absolute atomic E-state index is 0.171. The fraction of sp³-hybridized carbons (Fsp3) is 0.571. The molecular weight excluding hydrogens is 260 g/mol. The number of rotatable bonds is 3. The predicted octanol–water partition coefficient (Wildman–Crippen LogP) is 2.63. The van der Waals surface area contributed by atoms with Gasteiger partial charge in [0.05, 0.1) is 4.90 Å². The van der Waals surface area contributed by atoms with Gasteiger partial charge in [-0.05, 0) is 56.2 Å². The van der Waals surface area contributed by atoms with Crippen molar-refractivity contribution in [1.82, 2.24) is 0 Å². The van der Waals surface area contributed by atoms with Crippen LogP contribution in [0.4, 0.5) is 5.69 Å². The minimum Gasteiger partial charge on any atom is -0.382 e. The molecule has 4 nitrogen and oxygen atoms in total. The van der Waals surface area contributed by atoms with E-state index in [0.29, 0.717) is 6.04 Å². The first-order valence-electron chi connectivity index (χ1n) is 6.76. The first-order valence-corrected chi connectivity index (χ1v) is 8.31. The van der Waals surface area contributed by atoms with Gasteiger partial charge < -0.3 is 5.32 Å². The quantitative estimate of drug-likeness (QED) is 0.895. The fourth-order valence-electron chi connectivity index (χ4n) is 2.56. The van der Waals surface area contributed by atoms with Gasteiger partial charge in [0.15, 0.2) is 0 Å². The summed E-state index contributed by atoms with van der Waals surface area (Å²) in [6, 6.07) is 5.43. The molecule has 1 aromatic rings. The third kappa shape index (κ3) is 3.70. The summed E-state index contributed by atoms with van der Waals surface area (Å²) in [5, 5.41) is 8.63.